The zero-order valence-corrected chi connectivity index (χ0v) is 11.6. The lowest BCUT2D eigenvalue weighted by atomic mass is 9.90. The van der Waals surface area contributed by atoms with Crippen LogP contribution in [0.3, 0.4) is 0 Å². The smallest absolute Gasteiger partial charge is 0.157 e. The van der Waals surface area contributed by atoms with Gasteiger partial charge in [0.25, 0.3) is 0 Å². The van der Waals surface area contributed by atoms with Crippen LogP contribution in [0.25, 0.3) is 5.65 Å². The summed E-state index contributed by atoms with van der Waals surface area (Å²) >= 11 is 0. The van der Waals surface area contributed by atoms with E-state index in [0.717, 1.165) is 23.0 Å². The monoisotopic (exact) mass is 256 g/mol. The molecule has 0 spiro atoms. The van der Waals surface area contributed by atoms with E-state index in [4.69, 9.17) is 0 Å². The first-order valence-electron chi connectivity index (χ1n) is 7.31. The molecule has 100 valence electrons. The molecule has 2 aromatic heterocycles. The van der Waals surface area contributed by atoms with Crippen LogP contribution < -0.4 is 4.90 Å². The second-order valence-electron chi connectivity index (χ2n) is 6.15. The third kappa shape index (κ3) is 1.73. The molecule has 0 radical (unpaired) electrons. The van der Waals surface area contributed by atoms with Crippen molar-refractivity contribution in [2.75, 3.05) is 11.4 Å². The average molecular weight is 256 g/mol. The van der Waals surface area contributed by atoms with E-state index in [9.17, 15) is 0 Å². The van der Waals surface area contributed by atoms with Crippen molar-refractivity contribution in [2.45, 2.75) is 45.6 Å². The second-order valence-corrected chi connectivity index (χ2v) is 6.15. The van der Waals surface area contributed by atoms with Gasteiger partial charge in [-0.05, 0) is 39.0 Å². The number of fused-ring (bicyclic) bond motifs is 3. The molecule has 2 aromatic rings. The van der Waals surface area contributed by atoms with E-state index >= 15 is 0 Å². The highest BCUT2D eigenvalue weighted by Gasteiger charge is 2.36. The largest absolute Gasteiger partial charge is 0.353 e. The van der Waals surface area contributed by atoms with Crippen LogP contribution in [0.1, 0.15) is 37.1 Å². The second kappa shape index (κ2) is 3.95. The molecule has 19 heavy (non-hydrogen) atoms. The third-order valence-corrected chi connectivity index (χ3v) is 4.60. The lowest BCUT2D eigenvalue weighted by molar-refractivity contribution is 0.414. The first-order chi connectivity index (χ1) is 9.20. The van der Waals surface area contributed by atoms with Crippen LogP contribution in [0.15, 0.2) is 12.1 Å². The molecule has 2 fully saturated rings. The lowest BCUT2D eigenvalue weighted by Crippen LogP contribution is -2.30. The topological polar surface area (TPSA) is 33.4 Å². The maximum absolute atomic E-state index is 4.63. The van der Waals surface area contributed by atoms with Crippen LogP contribution in [-0.4, -0.2) is 27.2 Å². The highest BCUT2D eigenvalue weighted by Crippen LogP contribution is 2.38. The van der Waals surface area contributed by atoms with Gasteiger partial charge in [0.1, 0.15) is 5.82 Å². The highest BCUT2D eigenvalue weighted by molar-refractivity contribution is 5.53. The number of hydrogen-bond donors (Lipinski definition) is 0. The Morgan fingerprint density at radius 3 is 2.89 bits per heavy atom. The Hall–Kier alpha value is -1.58. The molecule has 4 heteroatoms. The number of hydrogen-bond acceptors (Lipinski definition) is 3. The third-order valence-electron chi connectivity index (χ3n) is 4.60. The van der Waals surface area contributed by atoms with Gasteiger partial charge in [0, 0.05) is 30.4 Å². The van der Waals surface area contributed by atoms with Crippen molar-refractivity contribution in [1.82, 2.24) is 14.6 Å². The highest BCUT2D eigenvalue weighted by atomic mass is 15.4. The minimum atomic E-state index is 0.716. The minimum absolute atomic E-state index is 0.716. The van der Waals surface area contributed by atoms with Gasteiger partial charge >= 0.3 is 0 Å². The Labute approximate surface area is 113 Å². The average Bonchev–Trinajstić information content (AvgIpc) is 2.88. The van der Waals surface area contributed by atoms with Crippen molar-refractivity contribution < 1.29 is 0 Å². The normalized spacial score (nSPS) is 26.3. The summed E-state index contributed by atoms with van der Waals surface area (Å²) < 4.78 is 2.03. The summed E-state index contributed by atoms with van der Waals surface area (Å²) in [5.41, 5.74) is 3.11. The first-order valence-corrected chi connectivity index (χ1v) is 7.31. The Bertz CT molecular complexity index is 630. The van der Waals surface area contributed by atoms with Gasteiger partial charge in [-0.2, -0.15) is 9.61 Å². The molecule has 2 aliphatic rings. The molecule has 1 saturated heterocycles. The van der Waals surface area contributed by atoms with Crippen molar-refractivity contribution in [2.24, 2.45) is 5.92 Å². The Kier molecular flexibility index (Phi) is 2.34. The molecule has 1 saturated carbocycles. The molecular formula is C15H20N4. The van der Waals surface area contributed by atoms with Crippen LogP contribution in [0.4, 0.5) is 5.82 Å². The molecule has 4 rings (SSSR count). The van der Waals surface area contributed by atoms with Crippen molar-refractivity contribution >= 4 is 11.5 Å². The predicted molar refractivity (Wildman–Crippen MR) is 75.6 cm³/mol. The molecule has 0 amide bonds. The molecular weight excluding hydrogens is 236 g/mol. The molecule has 0 N–H and O–H groups in total. The van der Waals surface area contributed by atoms with E-state index in [2.05, 4.69) is 34.0 Å². The maximum Gasteiger partial charge on any atom is 0.157 e. The van der Waals surface area contributed by atoms with E-state index in [1.165, 1.54) is 38.0 Å². The molecule has 1 aliphatic carbocycles. The van der Waals surface area contributed by atoms with E-state index in [-0.39, 0.29) is 0 Å². The van der Waals surface area contributed by atoms with Crippen LogP contribution in [0.2, 0.25) is 0 Å². The lowest BCUT2D eigenvalue weighted by Gasteiger charge is -2.26. The molecule has 2 bridgehead atoms. The number of aromatic nitrogens is 3. The number of rotatable bonds is 1. The van der Waals surface area contributed by atoms with Gasteiger partial charge in [-0.15, -0.1) is 0 Å². The zero-order valence-electron chi connectivity index (χ0n) is 11.6. The van der Waals surface area contributed by atoms with Crippen LogP contribution in [0.5, 0.6) is 0 Å². The summed E-state index contributed by atoms with van der Waals surface area (Å²) in [5, 5.41) is 4.63. The van der Waals surface area contributed by atoms with E-state index in [0.29, 0.717) is 6.04 Å². The van der Waals surface area contributed by atoms with E-state index in [1.807, 2.05) is 11.4 Å². The summed E-state index contributed by atoms with van der Waals surface area (Å²) in [4.78, 5) is 7.16. The zero-order chi connectivity index (χ0) is 13.0. The summed E-state index contributed by atoms with van der Waals surface area (Å²) in [6.07, 6.45) is 5.48. The Morgan fingerprint density at radius 1 is 1.16 bits per heavy atom. The van der Waals surface area contributed by atoms with Gasteiger partial charge in [-0.25, -0.2) is 4.98 Å². The maximum atomic E-state index is 4.63. The van der Waals surface area contributed by atoms with E-state index < -0.39 is 0 Å². The molecule has 0 unspecified atom stereocenters. The van der Waals surface area contributed by atoms with Crippen molar-refractivity contribution in [1.29, 1.82) is 0 Å². The summed E-state index contributed by atoms with van der Waals surface area (Å²) in [6, 6.07) is 4.98. The minimum Gasteiger partial charge on any atom is -0.353 e. The van der Waals surface area contributed by atoms with Gasteiger partial charge in [0.15, 0.2) is 5.65 Å². The van der Waals surface area contributed by atoms with Gasteiger partial charge in [-0.1, -0.05) is 6.42 Å². The van der Waals surface area contributed by atoms with Crippen molar-refractivity contribution in [3.63, 3.8) is 0 Å². The number of aryl methyl sites for hydroxylation is 2. The number of anilines is 1. The molecule has 1 aliphatic heterocycles. The fourth-order valence-corrected chi connectivity index (χ4v) is 3.82. The van der Waals surface area contributed by atoms with Gasteiger partial charge < -0.3 is 4.90 Å². The van der Waals surface area contributed by atoms with Gasteiger partial charge in [-0.3, -0.25) is 0 Å². The van der Waals surface area contributed by atoms with Crippen molar-refractivity contribution in [3.8, 4) is 0 Å². The first kappa shape index (κ1) is 11.3. The number of nitrogens with zero attached hydrogens (tertiary/aromatic N) is 4. The summed E-state index contributed by atoms with van der Waals surface area (Å²) in [5.74, 6) is 2.13. The summed E-state index contributed by atoms with van der Waals surface area (Å²) in [6.45, 7) is 5.31. The fourth-order valence-electron chi connectivity index (χ4n) is 3.82. The van der Waals surface area contributed by atoms with Crippen LogP contribution in [0, 0.1) is 19.8 Å². The standard InChI is InChI=1S/C15H20N4/c1-10-7-15(19-14(16-10)6-11(2)17-19)18-9-12-4-3-5-13(18)8-12/h6-7,12-13H,3-5,8-9H2,1-2H3/t12-,13+/m0/s1. The van der Waals surface area contributed by atoms with Crippen molar-refractivity contribution in [3.05, 3.63) is 23.5 Å². The predicted octanol–water partition coefficient (Wildman–Crippen LogP) is 2.72. The quantitative estimate of drug-likeness (QED) is 0.786. The molecule has 2 atom stereocenters. The van der Waals surface area contributed by atoms with Gasteiger partial charge in [0.2, 0.25) is 0 Å². The Balaban J connectivity index is 1.86. The Morgan fingerprint density at radius 2 is 2.05 bits per heavy atom. The fraction of sp³-hybridized carbons (Fsp3) is 0.600. The van der Waals surface area contributed by atoms with Gasteiger partial charge in [0.05, 0.1) is 5.69 Å². The van der Waals surface area contributed by atoms with Crippen LogP contribution >= 0.6 is 0 Å². The summed E-state index contributed by atoms with van der Waals surface area (Å²) in [7, 11) is 0. The molecule has 3 heterocycles. The molecule has 4 nitrogen and oxygen atoms in total. The van der Waals surface area contributed by atoms with E-state index in [1.54, 1.807) is 0 Å². The SMILES string of the molecule is Cc1cc(N2C[C@H]3CCC[C@@H]2C3)n2nc(C)cc2n1. The molecule has 0 aromatic carbocycles. The van der Waals surface area contributed by atoms with Crippen LogP contribution in [-0.2, 0) is 0 Å².